The van der Waals surface area contributed by atoms with Crippen molar-refractivity contribution in [3.8, 4) is 6.07 Å². The van der Waals surface area contributed by atoms with Gasteiger partial charge in [0.25, 0.3) is 0 Å². The third-order valence-electron chi connectivity index (χ3n) is 2.49. The Morgan fingerprint density at radius 1 is 1.22 bits per heavy atom. The second-order valence-corrected chi connectivity index (χ2v) is 4.77. The molecule has 4 heteroatoms. The summed E-state index contributed by atoms with van der Waals surface area (Å²) in [6.45, 7) is 1.93. The first kappa shape index (κ1) is 12.6. The van der Waals surface area contributed by atoms with Crippen molar-refractivity contribution in [2.45, 2.75) is 6.92 Å². The van der Waals surface area contributed by atoms with Gasteiger partial charge in [0.1, 0.15) is 11.9 Å². The summed E-state index contributed by atoms with van der Waals surface area (Å²) in [5.41, 5.74) is 3.03. The Morgan fingerprint density at radius 3 is 2.67 bits per heavy atom. The van der Waals surface area contributed by atoms with E-state index in [0.717, 1.165) is 11.3 Å². The summed E-state index contributed by atoms with van der Waals surface area (Å²) >= 11 is 3.13. The summed E-state index contributed by atoms with van der Waals surface area (Å²) in [7, 11) is 0. The Hall–Kier alpha value is -1.86. The second-order valence-electron chi connectivity index (χ2n) is 3.91. The van der Waals surface area contributed by atoms with E-state index in [0.29, 0.717) is 15.7 Å². The van der Waals surface area contributed by atoms with E-state index >= 15 is 0 Å². The Balaban J connectivity index is 2.34. The quantitative estimate of drug-likeness (QED) is 0.886. The van der Waals surface area contributed by atoms with Crippen molar-refractivity contribution in [3.05, 3.63) is 57.8 Å². The summed E-state index contributed by atoms with van der Waals surface area (Å²) in [5.74, 6) is -0.315. The van der Waals surface area contributed by atoms with Gasteiger partial charge in [-0.2, -0.15) is 5.26 Å². The molecule has 0 bridgehead atoms. The van der Waals surface area contributed by atoms with E-state index in [1.807, 2.05) is 19.1 Å². The van der Waals surface area contributed by atoms with Gasteiger partial charge in [-0.3, -0.25) is 0 Å². The standard InChI is InChI=1S/C14H10BrFN2/c1-9-2-5-14(10(6-9)8-17)18-11-3-4-13(16)12(15)7-11/h2-7,18H,1H3. The van der Waals surface area contributed by atoms with Gasteiger partial charge >= 0.3 is 0 Å². The number of nitrogens with zero attached hydrogens (tertiary/aromatic N) is 1. The molecule has 0 fully saturated rings. The Kier molecular flexibility index (Phi) is 3.63. The average Bonchev–Trinajstić information content (AvgIpc) is 2.36. The van der Waals surface area contributed by atoms with Crippen LogP contribution in [0.15, 0.2) is 40.9 Å². The maximum atomic E-state index is 13.1. The lowest BCUT2D eigenvalue weighted by molar-refractivity contribution is 0.621. The predicted octanol–water partition coefficient (Wildman–Crippen LogP) is 4.51. The van der Waals surface area contributed by atoms with Crippen LogP contribution in [0.2, 0.25) is 0 Å². The minimum atomic E-state index is -0.315. The zero-order chi connectivity index (χ0) is 13.1. The summed E-state index contributed by atoms with van der Waals surface area (Å²) < 4.78 is 13.5. The fraction of sp³-hybridized carbons (Fsp3) is 0.0714. The number of benzene rings is 2. The molecular formula is C14H10BrFN2. The first-order valence-electron chi connectivity index (χ1n) is 5.33. The second kappa shape index (κ2) is 5.19. The number of nitriles is 1. The maximum absolute atomic E-state index is 13.1. The molecule has 0 spiro atoms. The van der Waals surface area contributed by atoms with Gasteiger partial charge < -0.3 is 5.32 Å². The van der Waals surface area contributed by atoms with Gasteiger partial charge in [-0.25, -0.2) is 4.39 Å². The molecule has 0 saturated heterocycles. The molecule has 0 aromatic heterocycles. The summed E-state index contributed by atoms with van der Waals surface area (Å²) in [6, 6.07) is 12.3. The molecule has 0 saturated carbocycles. The van der Waals surface area contributed by atoms with E-state index in [-0.39, 0.29) is 5.82 Å². The van der Waals surface area contributed by atoms with Gasteiger partial charge in [0.15, 0.2) is 0 Å². The summed E-state index contributed by atoms with van der Waals surface area (Å²) in [5, 5.41) is 12.2. The van der Waals surface area contributed by atoms with Crippen molar-refractivity contribution < 1.29 is 4.39 Å². The van der Waals surface area contributed by atoms with Crippen LogP contribution >= 0.6 is 15.9 Å². The molecule has 1 N–H and O–H groups in total. The Bertz CT molecular complexity index is 632. The van der Waals surface area contributed by atoms with Crippen LogP contribution in [0.25, 0.3) is 0 Å². The third kappa shape index (κ3) is 2.69. The van der Waals surface area contributed by atoms with E-state index in [2.05, 4.69) is 27.3 Å². The maximum Gasteiger partial charge on any atom is 0.137 e. The van der Waals surface area contributed by atoms with Crippen molar-refractivity contribution in [2.75, 3.05) is 5.32 Å². The van der Waals surface area contributed by atoms with Gasteiger partial charge in [0.2, 0.25) is 0 Å². The molecule has 0 heterocycles. The molecule has 0 aliphatic carbocycles. The highest BCUT2D eigenvalue weighted by molar-refractivity contribution is 9.10. The Labute approximate surface area is 113 Å². The number of aryl methyl sites for hydroxylation is 1. The van der Waals surface area contributed by atoms with Gasteiger partial charge in [-0.1, -0.05) is 6.07 Å². The van der Waals surface area contributed by atoms with E-state index in [4.69, 9.17) is 5.26 Å². The van der Waals surface area contributed by atoms with Crippen molar-refractivity contribution in [1.82, 2.24) is 0 Å². The highest BCUT2D eigenvalue weighted by Gasteiger charge is 2.04. The van der Waals surface area contributed by atoms with Gasteiger partial charge in [-0.05, 0) is 58.7 Å². The van der Waals surface area contributed by atoms with Gasteiger partial charge in [-0.15, -0.1) is 0 Å². The van der Waals surface area contributed by atoms with E-state index in [1.165, 1.54) is 6.07 Å². The minimum absolute atomic E-state index is 0.315. The van der Waals surface area contributed by atoms with E-state index < -0.39 is 0 Å². The molecule has 90 valence electrons. The topological polar surface area (TPSA) is 35.8 Å². The largest absolute Gasteiger partial charge is 0.354 e. The molecule has 2 aromatic carbocycles. The van der Waals surface area contributed by atoms with Crippen LogP contribution in [0.3, 0.4) is 0 Å². The van der Waals surface area contributed by atoms with Crippen molar-refractivity contribution in [2.24, 2.45) is 0 Å². The molecule has 2 aromatic rings. The van der Waals surface area contributed by atoms with Crippen LogP contribution in [0.4, 0.5) is 15.8 Å². The first-order valence-corrected chi connectivity index (χ1v) is 6.12. The molecule has 18 heavy (non-hydrogen) atoms. The third-order valence-corrected chi connectivity index (χ3v) is 3.10. The minimum Gasteiger partial charge on any atom is -0.354 e. The zero-order valence-corrected chi connectivity index (χ0v) is 11.3. The van der Waals surface area contributed by atoms with Gasteiger partial charge in [0.05, 0.1) is 15.7 Å². The van der Waals surface area contributed by atoms with Crippen molar-refractivity contribution in [3.63, 3.8) is 0 Å². The fourth-order valence-electron chi connectivity index (χ4n) is 1.59. The molecule has 2 nitrogen and oxygen atoms in total. The molecule has 0 atom stereocenters. The number of rotatable bonds is 2. The SMILES string of the molecule is Cc1ccc(Nc2ccc(F)c(Br)c2)c(C#N)c1. The van der Waals surface area contributed by atoms with E-state index in [1.54, 1.807) is 18.2 Å². The van der Waals surface area contributed by atoms with Crippen LogP contribution in [-0.4, -0.2) is 0 Å². The highest BCUT2D eigenvalue weighted by atomic mass is 79.9. The van der Waals surface area contributed by atoms with Crippen LogP contribution < -0.4 is 5.32 Å². The average molecular weight is 305 g/mol. The molecule has 0 aliphatic rings. The number of anilines is 2. The van der Waals surface area contributed by atoms with Crippen LogP contribution in [-0.2, 0) is 0 Å². The number of halogens is 2. The molecule has 2 rings (SSSR count). The Morgan fingerprint density at radius 2 is 2.00 bits per heavy atom. The molecule has 0 radical (unpaired) electrons. The predicted molar refractivity (Wildman–Crippen MR) is 73.3 cm³/mol. The summed E-state index contributed by atoms with van der Waals surface area (Å²) in [4.78, 5) is 0. The lowest BCUT2D eigenvalue weighted by Crippen LogP contribution is -1.94. The monoisotopic (exact) mass is 304 g/mol. The van der Waals surface area contributed by atoms with Crippen LogP contribution in [0, 0.1) is 24.1 Å². The number of hydrogen-bond acceptors (Lipinski definition) is 2. The van der Waals surface area contributed by atoms with Crippen molar-refractivity contribution in [1.29, 1.82) is 5.26 Å². The summed E-state index contributed by atoms with van der Waals surface area (Å²) in [6.07, 6.45) is 0. The normalized spacial score (nSPS) is 9.89. The lowest BCUT2D eigenvalue weighted by Gasteiger charge is -2.09. The van der Waals surface area contributed by atoms with Gasteiger partial charge in [0, 0.05) is 5.69 Å². The lowest BCUT2D eigenvalue weighted by atomic mass is 10.1. The first-order chi connectivity index (χ1) is 8.60. The smallest absolute Gasteiger partial charge is 0.137 e. The number of nitrogens with one attached hydrogen (secondary N) is 1. The van der Waals surface area contributed by atoms with Crippen LogP contribution in [0.1, 0.15) is 11.1 Å². The zero-order valence-electron chi connectivity index (χ0n) is 9.67. The van der Waals surface area contributed by atoms with E-state index in [9.17, 15) is 4.39 Å². The molecule has 0 amide bonds. The molecule has 0 unspecified atom stereocenters. The highest BCUT2D eigenvalue weighted by Crippen LogP contribution is 2.25. The molecular weight excluding hydrogens is 295 g/mol. The fourth-order valence-corrected chi connectivity index (χ4v) is 1.97. The molecule has 0 aliphatic heterocycles. The number of hydrogen-bond donors (Lipinski definition) is 1. The van der Waals surface area contributed by atoms with Crippen LogP contribution in [0.5, 0.6) is 0 Å². The van der Waals surface area contributed by atoms with Crippen molar-refractivity contribution >= 4 is 27.3 Å².